The van der Waals surface area contributed by atoms with Crippen LogP contribution in [0.1, 0.15) is 23.5 Å². The number of nitrogens with zero attached hydrogens (tertiary/aromatic N) is 4. The second-order valence-corrected chi connectivity index (χ2v) is 9.04. The molecule has 1 aliphatic heterocycles. The first-order chi connectivity index (χ1) is 13.5. The van der Waals surface area contributed by atoms with Crippen LogP contribution in [-0.2, 0) is 0 Å². The Morgan fingerprint density at radius 1 is 1.25 bits per heavy atom. The molecule has 1 aliphatic carbocycles. The Labute approximate surface area is 166 Å². The first-order valence-corrected chi connectivity index (χ1v) is 10.4. The number of carbonyl (C=O) groups excluding carboxylic acids is 1. The smallest absolute Gasteiger partial charge is 0.323 e. The molecule has 0 radical (unpaired) electrons. The maximum Gasteiger partial charge on any atom is 0.323 e. The van der Waals surface area contributed by atoms with Gasteiger partial charge in [-0.25, -0.2) is 19.7 Å². The molecule has 5 rings (SSSR count). The topological polar surface area (TPSA) is 98.8 Å². The number of fused-ring (bicyclic) bond motifs is 2. The summed E-state index contributed by atoms with van der Waals surface area (Å²) in [6.45, 7) is 5.51. The summed E-state index contributed by atoms with van der Waals surface area (Å²) in [5.41, 5.74) is 0.869. The van der Waals surface area contributed by atoms with E-state index in [1.165, 1.54) is 11.3 Å². The highest BCUT2D eigenvalue weighted by atomic mass is 32.1. The summed E-state index contributed by atoms with van der Waals surface area (Å²) >= 11 is 1.51. The van der Waals surface area contributed by atoms with Crippen LogP contribution in [0.5, 0.6) is 0 Å². The van der Waals surface area contributed by atoms with Gasteiger partial charge in [0.15, 0.2) is 5.13 Å². The van der Waals surface area contributed by atoms with Gasteiger partial charge in [-0.1, -0.05) is 0 Å². The van der Waals surface area contributed by atoms with Crippen LogP contribution in [0.3, 0.4) is 0 Å². The minimum Gasteiger partial charge on any atom is -0.367 e. The minimum absolute atomic E-state index is 0.0336. The molecule has 8 nitrogen and oxygen atoms in total. The number of urea groups is 1. The molecule has 1 saturated heterocycles. The number of carbonyl (C=O) groups is 1. The van der Waals surface area contributed by atoms with Crippen LogP contribution in [0.4, 0.5) is 15.7 Å². The predicted octanol–water partition coefficient (Wildman–Crippen LogP) is 3.39. The van der Waals surface area contributed by atoms with Crippen molar-refractivity contribution in [2.24, 2.45) is 11.8 Å². The number of nitrogens with one attached hydrogen (secondary N) is 3. The van der Waals surface area contributed by atoms with E-state index in [1.807, 2.05) is 31.0 Å². The van der Waals surface area contributed by atoms with Gasteiger partial charge in [0.2, 0.25) is 0 Å². The van der Waals surface area contributed by atoms with Crippen molar-refractivity contribution in [1.29, 1.82) is 0 Å². The van der Waals surface area contributed by atoms with Crippen LogP contribution >= 0.6 is 11.3 Å². The van der Waals surface area contributed by atoms with Gasteiger partial charge >= 0.3 is 6.03 Å². The molecule has 0 unspecified atom stereocenters. The standard InChI is InChI=1S/C19H23N7OS/c1-10-7-21-18(28-10)25-19(27)26-8-12-5-14(6-13(12)9-26)24-17-15-3-4-20-16(15)22-11(2)23-17/h3-4,7,12-14H,5-6,8-9H2,1-2H3,(H,21,25,27)(H2,20,22,23,24)/t12-,13+,14-. The van der Waals surface area contributed by atoms with Gasteiger partial charge in [-0.15, -0.1) is 11.3 Å². The second kappa shape index (κ2) is 6.73. The summed E-state index contributed by atoms with van der Waals surface area (Å²) in [6, 6.07) is 2.36. The zero-order valence-corrected chi connectivity index (χ0v) is 16.7. The molecule has 2 amide bonds. The number of aryl methyl sites for hydroxylation is 2. The van der Waals surface area contributed by atoms with E-state index in [0.717, 1.165) is 53.5 Å². The van der Waals surface area contributed by atoms with E-state index in [0.29, 0.717) is 23.0 Å². The number of amides is 2. The Morgan fingerprint density at radius 3 is 2.75 bits per heavy atom. The van der Waals surface area contributed by atoms with Crippen molar-refractivity contribution in [3.8, 4) is 0 Å². The maximum atomic E-state index is 12.5. The summed E-state index contributed by atoms with van der Waals surface area (Å²) < 4.78 is 0. The van der Waals surface area contributed by atoms with Gasteiger partial charge in [-0.2, -0.15) is 0 Å². The summed E-state index contributed by atoms with van der Waals surface area (Å²) in [4.78, 5) is 32.0. The molecule has 3 N–H and O–H groups in total. The van der Waals surface area contributed by atoms with Gasteiger partial charge in [0, 0.05) is 36.4 Å². The monoisotopic (exact) mass is 397 g/mol. The number of rotatable bonds is 3. The van der Waals surface area contributed by atoms with Crippen molar-refractivity contribution in [3.05, 3.63) is 29.2 Å². The van der Waals surface area contributed by atoms with E-state index in [9.17, 15) is 4.79 Å². The van der Waals surface area contributed by atoms with E-state index >= 15 is 0 Å². The van der Waals surface area contributed by atoms with Crippen molar-refractivity contribution in [1.82, 2.24) is 24.8 Å². The number of aromatic nitrogens is 4. The quantitative estimate of drug-likeness (QED) is 0.629. The Kier molecular flexibility index (Phi) is 4.19. The van der Waals surface area contributed by atoms with E-state index in [2.05, 4.69) is 30.6 Å². The average molecular weight is 398 g/mol. The molecule has 9 heteroatoms. The third-order valence-electron chi connectivity index (χ3n) is 5.74. The summed E-state index contributed by atoms with van der Waals surface area (Å²) in [5.74, 6) is 2.73. The number of likely N-dealkylation sites (tertiary alicyclic amines) is 1. The number of hydrogen-bond donors (Lipinski definition) is 3. The molecule has 0 bridgehead atoms. The van der Waals surface area contributed by atoms with Gasteiger partial charge in [0.1, 0.15) is 17.3 Å². The van der Waals surface area contributed by atoms with E-state index in [4.69, 9.17) is 0 Å². The molecule has 0 spiro atoms. The van der Waals surface area contributed by atoms with Crippen molar-refractivity contribution in [2.75, 3.05) is 23.7 Å². The first-order valence-electron chi connectivity index (χ1n) is 9.62. The van der Waals surface area contributed by atoms with Crippen molar-refractivity contribution >= 4 is 39.4 Å². The van der Waals surface area contributed by atoms with Crippen molar-refractivity contribution < 1.29 is 4.79 Å². The van der Waals surface area contributed by atoms with Gasteiger partial charge in [-0.05, 0) is 44.6 Å². The third kappa shape index (κ3) is 3.19. The fraction of sp³-hybridized carbons (Fsp3) is 0.474. The largest absolute Gasteiger partial charge is 0.367 e. The molecule has 2 fully saturated rings. The zero-order valence-electron chi connectivity index (χ0n) is 15.9. The molecule has 146 valence electrons. The SMILES string of the molecule is Cc1nc(N[C@@H]2C[C@@H]3CN(C(=O)Nc4ncc(C)s4)C[C@@H]3C2)c2cc[nH]c2n1. The molecule has 3 atom stereocenters. The minimum atomic E-state index is -0.0336. The van der Waals surface area contributed by atoms with Crippen molar-refractivity contribution in [3.63, 3.8) is 0 Å². The van der Waals surface area contributed by atoms with E-state index < -0.39 is 0 Å². The average Bonchev–Trinajstić information content (AvgIpc) is 3.38. The summed E-state index contributed by atoms with van der Waals surface area (Å²) in [7, 11) is 0. The van der Waals surface area contributed by atoms with Gasteiger partial charge in [0.05, 0.1) is 5.39 Å². The Morgan fingerprint density at radius 2 is 2.04 bits per heavy atom. The molecule has 2 aliphatic rings. The number of anilines is 2. The molecule has 1 saturated carbocycles. The number of H-pyrrole nitrogens is 1. The van der Waals surface area contributed by atoms with Gasteiger partial charge in [-0.3, -0.25) is 5.32 Å². The van der Waals surface area contributed by atoms with Gasteiger partial charge in [0.25, 0.3) is 0 Å². The molecular weight excluding hydrogens is 374 g/mol. The van der Waals surface area contributed by atoms with Crippen LogP contribution in [0, 0.1) is 25.7 Å². The van der Waals surface area contributed by atoms with Crippen molar-refractivity contribution in [2.45, 2.75) is 32.7 Å². The van der Waals surface area contributed by atoms with Crippen LogP contribution in [0.15, 0.2) is 18.5 Å². The Bertz CT molecular complexity index is 1010. The molecule has 4 heterocycles. The van der Waals surface area contributed by atoms with E-state index in [-0.39, 0.29) is 6.03 Å². The summed E-state index contributed by atoms with van der Waals surface area (Å²) in [6.07, 6.45) is 5.79. The molecular formula is C19H23N7OS. The lowest BCUT2D eigenvalue weighted by Gasteiger charge is -2.20. The first kappa shape index (κ1) is 17.4. The van der Waals surface area contributed by atoms with Gasteiger partial charge < -0.3 is 15.2 Å². The third-order valence-corrected chi connectivity index (χ3v) is 6.57. The fourth-order valence-electron chi connectivity index (χ4n) is 4.52. The van der Waals surface area contributed by atoms with Crippen LogP contribution in [-0.4, -0.2) is 50.0 Å². The lowest BCUT2D eigenvalue weighted by molar-refractivity contribution is 0.218. The number of hydrogen-bond acceptors (Lipinski definition) is 6. The lowest BCUT2D eigenvalue weighted by Crippen LogP contribution is -2.34. The maximum absolute atomic E-state index is 12.5. The van der Waals surface area contributed by atoms with E-state index in [1.54, 1.807) is 6.20 Å². The highest BCUT2D eigenvalue weighted by Gasteiger charge is 2.42. The second-order valence-electron chi connectivity index (χ2n) is 7.80. The molecule has 0 aromatic carbocycles. The lowest BCUT2D eigenvalue weighted by atomic mass is 10.0. The highest BCUT2D eigenvalue weighted by molar-refractivity contribution is 7.15. The molecule has 3 aromatic heterocycles. The summed E-state index contributed by atoms with van der Waals surface area (Å²) in [5, 5.41) is 8.26. The zero-order chi connectivity index (χ0) is 19.3. The molecule has 3 aromatic rings. The molecule has 28 heavy (non-hydrogen) atoms. The van der Waals surface area contributed by atoms with Crippen LogP contribution < -0.4 is 10.6 Å². The Balaban J connectivity index is 1.21. The Hall–Kier alpha value is -2.68. The fourth-order valence-corrected chi connectivity index (χ4v) is 5.18. The normalized spacial score (nSPS) is 23.9. The van der Waals surface area contributed by atoms with Crippen LogP contribution in [0.25, 0.3) is 11.0 Å². The van der Waals surface area contributed by atoms with Crippen LogP contribution in [0.2, 0.25) is 0 Å². The highest BCUT2D eigenvalue weighted by Crippen LogP contribution is 2.39. The predicted molar refractivity (Wildman–Crippen MR) is 110 cm³/mol. The number of thiazole rings is 1. The number of aromatic amines is 1.